The number of ether oxygens (including phenoxy) is 3. The van der Waals surface area contributed by atoms with Gasteiger partial charge in [-0.3, -0.25) is 9.59 Å². The molecule has 0 spiro atoms. The van der Waals surface area contributed by atoms with Gasteiger partial charge >= 0.3 is 6.16 Å². The normalized spacial score (nSPS) is 10.3. The van der Waals surface area contributed by atoms with Crippen LogP contribution >= 0.6 is 0 Å². The van der Waals surface area contributed by atoms with Crippen LogP contribution in [0.15, 0.2) is 72.8 Å². The Balaban J connectivity index is 1.41. The fourth-order valence-electron chi connectivity index (χ4n) is 3.30. The zero-order valence-corrected chi connectivity index (χ0v) is 20.4. The summed E-state index contributed by atoms with van der Waals surface area (Å²) in [7, 11) is 0. The van der Waals surface area contributed by atoms with Gasteiger partial charge in [0.2, 0.25) is 0 Å². The Morgan fingerprint density at radius 3 is 2.06 bits per heavy atom. The standard InChI is InChI=1S/C28H30N2O6/c1-3-5-20-8-14-24(15-9-20)35-19-26(31)30-23-12-6-21(7-13-23)18-29-27(32)22-10-16-25(17-11-22)36-28(33)34-4-2/h6-17H,3-5,18-19H2,1-2H3,(H,29,32)(H,30,31). The summed E-state index contributed by atoms with van der Waals surface area (Å²) in [6.07, 6.45) is 1.30. The lowest BCUT2D eigenvalue weighted by atomic mass is 10.1. The maximum atomic E-state index is 12.4. The summed E-state index contributed by atoms with van der Waals surface area (Å²) in [6.45, 7) is 4.25. The minimum absolute atomic E-state index is 0.0887. The molecule has 0 unspecified atom stereocenters. The first-order chi connectivity index (χ1) is 17.5. The topological polar surface area (TPSA) is 103 Å². The molecule has 3 aromatic rings. The second-order valence-corrected chi connectivity index (χ2v) is 7.92. The molecule has 2 N–H and O–H groups in total. The number of aryl methyl sites for hydroxylation is 1. The van der Waals surface area contributed by atoms with Gasteiger partial charge in [-0.2, -0.15) is 0 Å². The van der Waals surface area contributed by atoms with Crippen molar-refractivity contribution < 1.29 is 28.6 Å². The molecule has 0 aliphatic carbocycles. The Hall–Kier alpha value is -4.33. The molecule has 0 fully saturated rings. The van der Waals surface area contributed by atoms with Crippen LogP contribution in [0.25, 0.3) is 0 Å². The third-order valence-electron chi connectivity index (χ3n) is 5.10. The molecule has 188 valence electrons. The highest BCUT2D eigenvalue weighted by Gasteiger charge is 2.09. The molecule has 0 aromatic heterocycles. The summed E-state index contributed by atoms with van der Waals surface area (Å²) in [4.78, 5) is 35.9. The van der Waals surface area contributed by atoms with E-state index in [1.807, 2.05) is 36.4 Å². The molecule has 8 heteroatoms. The lowest BCUT2D eigenvalue weighted by Crippen LogP contribution is -2.23. The number of carbonyl (C=O) groups is 3. The van der Waals surface area contributed by atoms with Gasteiger partial charge in [0.15, 0.2) is 6.61 Å². The molecule has 8 nitrogen and oxygen atoms in total. The molecule has 0 bridgehead atoms. The zero-order valence-electron chi connectivity index (χ0n) is 20.4. The summed E-state index contributed by atoms with van der Waals surface area (Å²) in [5, 5.41) is 5.62. The third kappa shape index (κ3) is 8.47. The Labute approximate surface area is 210 Å². The molecule has 0 saturated carbocycles. The SMILES string of the molecule is CCCc1ccc(OCC(=O)Nc2ccc(CNC(=O)c3ccc(OC(=O)OCC)cc3)cc2)cc1. The average Bonchev–Trinajstić information content (AvgIpc) is 2.88. The van der Waals surface area contributed by atoms with Gasteiger partial charge in [0.25, 0.3) is 11.8 Å². The number of amides is 2. The highest BCUT2D eigenvalue weighted by molar-refractivity contribution is 5.94. The summed E-state index contributed by atoms with van der Waals surface area (Å²) < 4.78 is 15.2. The number of hydrogen-bond acceptors (Lipinski definition) is 6. The summed E-state index contributed by atoms with van der Waals surface area (Å²) in [5.74, 6) is 0.411. The number of benzene rings is 3. The van der Waals surface area contributed by atoms with Crippen molar-refractivity contribution in [3.8, 4) is 11.5 Å². The fraction of sp³-hybridized carbons (Fsp3) is 0.250. The van der Waals surface area contributed by atoms with E-state index in [-0.39, 0.29) is 30.8 Å². The number of carbonyl (C=O) groups excluding carboxylic acids is 3. The van der Waals surface area contributed by atoms with Crippen molar-refractivity contribution in [2.45, 2.75) is 33.2 Å². The molecule has 3 rings (SSSR count). The van der Waals surface area contributed by atoms with E-state index in [9.17, 15) is 14.4 Å². The first-order valence-electron chi connectivity index (χ1n) is 11.8. The first-order valence-corrected chi connectivity index (χ1v) is 11.8. The van der Waals surface area contributed by atoms with Gasteiger partial charge in [-0.05, 0) is 73.0 Å². The van der Waals surface area contributed by atoms with Gasteiger partial charge in [-0.1, -0.05) is 37.6 Å². The maximum absolute atomic E-state index is 12.4. The summed E-state index contributed by atoms with van der Waals surface area (Å²) in [5.41, 5.74) is 3.17. The largest absolute Gasteiger partial charge is 0.513 e. The zero-order chi connectivity index (χ0) is 25.8. The van der Waals surface area contributed by atoms with E-state index in [4.69, 9.17) is 14.2 Å². The Morgan fingerprint density at radius 2 is 1.42 bits per heavy atom. The van der Waals surface area contributed by atoms with Crippen LogP contribution in [0.4, 0.5) is 10.5 Å². The van der Waals surface area contributed by atoms with Crippen LogP contribution in [0.2, 0.25) is 0 Å². The van der Waals surface area contributed by atoms with Crippen molar-refractivity contribution in [1.82, 2.24) is 5.32 Å². The van der Waals surface area contributed by atoms with Crippen molar-refractivity contribution in [2.24, 2.45) is 0 Å². The lowest BCUT2D eigenvalue weighted by Gasteiger charge is -2.10. The van der Waals surface area contributed by atoms with Crippen LogP contribution in [-0.2, 0) is 22.5 Å². The summed E-state index contributed by atoms with van der Waals surface area (Å²) >= 11 is 0. The molecule has 0 aliphatic rings. The average molecular weight is 491 g/mol. The molecular weight excluding hydrogens is 460 g/mol. The minimum Gasteiger partial charge on any atom is -0.484 e. The molecule has 0 heterocycles. The predicted octanol–water partition coefficient (Wildman–Crippen LogP) is 5.12. The van der Waals surface area contributed by atoms with E-state index in [0.29, 0.717) is 23.5 Å². The first kappa shape index (κ1) is 26.3. The van der Waals surface area contributed by atoms with E-state index >= 15 is 0 Å². The van der Waals surface area contributed by atoms with Crippen molar-refractivity contribution in [3.05, 3.63) is 89.5 Å². The third-order valence-corrected chi connectivity index (χ3v) is 5.10. The van der Waals surface area contributed by atoms with Crippen molar-refractivity contribution >= 4 is 23.7 Å². The van der Waals surface area contributed by atoms with Gasteiger partial charge in [0.1, 0.15) is 11.5 Å². The number of hydrogen-bond donors (Lipinski definition) is 2. The lowest BCUT2D eigenvalue weighted by molar-refractivity contribution is -0.118. The van der Waals surface area contributed by atoms with Gasteiger partial charge in [-0.25, -0.2) is 4.79 Å². The van der Waals surface area contributed by atoms with E-state index in [2.05, 4.69) is 17.6 Å². The van der Waals surface area contributed by atoms with E-state index in [1.54, 1.807) is 31.2 Å². The van der Waals surface area contributed by atoms with Crippen molar-refractivity contribution in [3.63, 3.8) is 0 Å². The molecule has 0 atom stereocenters. The van der Waals surface area contributed by atoms with Crippen LogP contribution in [0.1, 0.15) is 41.8 Å². The Kier molecular flexibility index (Phi) is 9.88. The Bertz CT molecular complexity index is 1140. The molecule has 0 aliphatic heterocycles. The highest BCUT2D eigenvalue weighted by Crippen LogP contribution is 2.15. The smallest absolute Gasteiger partial charge is 0.484 e. The van der Waals surface area contributed by atoms with Gasteiger partial charge in [0.05, 0.1) is 6.61 Å². The van der Waals surface area contributed by atoms with E-state index in [1.165, 1.54) is 17.7 Å². The van der Waals surface area contributed by atoms with Crippen LogP contribution in [0.5, 0.6) is 11.5 Å². The number of nitrogens with one attached hydrogen (secondary N) is 2. The second kappa shape index (κ2) is 13.5. The van der Waals surface area contributed by atoms with Gasteiger partial charge in [-0.15, -0.1) is 0 Å². The molecule has 0 radical (unpaired) electrons. The molecule has 36 heavy (non-hydrogen) atoms. The second-order valence-electron chi connectivity index (χ2n) is 7.92. The van der Waals surface area contributed by atoms with Crippen LogP contribution in [0.3, 0.4) is 0 Å². The maximum Gasteiger partial charge on any atom is 0.513 e. The van der Waals surface area contributed by atoms with Gasteiger partial charge in [0, 0.05) is 17.8 Å². The number of rotatable bonds is 11. The minimum atomic E-state index is -0.793. The van der Waals surface area contributed by atoms with Crippen molar-refractivity contribution in [1.29, 1.82) is 0 Å². The summed E-state index contributed by atoms with van der Waals surface area (Å²) in [6, 6.07) is 21.1. The van der Waals surface area contributed by atoms with Crippen LogP contribution < -0.4 is 20.1 Å². The van der Waals surface area contributed by atoms with Crippen LogP contribution in [-0.4, -0.2) is 31.2 Å². The monoisotopic (exact) mass is 490 g/mol. The highest BCUT2D eigenvalue weighted by atomic mass is 16.7. The molecule has 0 saturated heterocycles. The van der Waals surface area contributed by atoms with Gasteiger partial charge < -0.3 is 24.8 Å². The van der Waals surface area contributed by atoms with Crippen LogP contribution in [0, 0.1) is 0 Å². The quantitative estimate of drug-likeness (QED) is 0.286. The van der Waals surface area contributed by atoms with E-state index in [0.717, 1.165) is 18.4 Å². The molecular formula is C28H30N2O6. The molecule has 3 aromatic carbocycles. The fourth-order valence-corrected chi connectivity index (χ4v) is 3.30. The molecule has 2 amide bonds. The Morgan fingerprint density at radius 1 is 0.778 bits per heavy atom. The predicted molar refractivity (Wildman–Crippen MR) is 136 cm³/mol. The van der Waals surface area contributed by atoms with Crippen molar-refractivity contribution in [2.75, 3.05) is 18.5 Å². The number of anilines is 1. The van der Waals surface area contributed by atoms with E-state index < -0.39 is 6.16 Å².